The number of methoxy groups -OCH3 is 1. The van der Waals surface area contributed by atoms with E-state index in [2.05, 4.69) is 25.2 Å². The molecular weight excluding hydrogens is 288 g/mol. The number of allylic oxidation sites excluding steroid dienone is 3. The van der Waals surface area contributed by atoms with Crippen LogP contribution in [-0.4, -0.2) is 32.2 Å². The van der Waals surface area contributed by atoms with Gasteiger partial charge in [-0.1, -0.05) is 29.9 Å². The molecule has 2 bridgehead atoms. The number of rotatable bonds is 6. The van der Waals surface area contributed by atoms with Crippen molar-refractivity contribution in [2.75, 3.05) is 20.3 Å². The molecule has 0 saturated heterocycles. The predicted molar refractivity (Wildman–Crippen MR) is 91.2 cm³/mol. The number of aldehydes is 1. The Kier molecular flexibility index (Phi) is 4.88. The van der Waals surface area contributed by atoms with Gasteiger partial charge in [0.2, 0.25) is 0 Å². The van der Waals surface area contributed by atoms with E-state index < -0.39 is 0 Å². The van der Waals surface area contributed by atoms with Crippen molar-refractivity contribution in [2.24, 2.45) is 11.3 Å². The maximum absolute atomic E-state index is 10.9. The van der Waals surface area contributed by atoms with Crippen LogP contribution in [0.4, 0.5) is 0 Å². The van der Waals surface area contributed by atoms with Crippen LogP contribution in [0.25, 0.3) is 0 Å². The lowest BCUT2D eigenvalue weighted by atomic mass is 9.63. The maximum atomic E-state index is 10.9. The van der Waals surface area contributed by atoms with Crippen molar-refractivity contribution < 1.29 is 14.3 Å². The lowest BCUT2D eigenvalue weighted by Crippen LogP contribution is -2.43. The van der Waals surface area contributed by atoms with E-state index in [1.54, 1.807) is 0 Å². The van der Waals surface area contributed by atoms with E-state index in [1.807, 2.05) is 13.2 Å². The minimum absolute atomic E-state index is 0.0208. The van der Waals surface area contributed by atoms with Gasteiger partial charge in [0.05, 0.1) is 18.8 Å². The minimum Gasteiger partial charge on any atom is -0.376 e. The molecule has 23 heavy (non-hydrogen) atoms. The van der Waals surface area contributed by atoms with Gasteiger partial charge in [-0.2, -0.15) is 0 Å². The van der Waals surface area contributed by atoms with Crippen LogP contribution in [0.5, 0.6) is 0 Å². The van der Waals surface area contributed by atoms with Gasteiger partial charge in [-0.25, -0.2) is 0 Å². The first-order valence-electron chi connectivity index (χ1n) is 8.73. The average molecular weight is 316 g/mol. The highest BCUT2D eigenvalue weighted by atomic mass is 16.5. The van der Waals surface area contributed by atoms with Crippen molar-refractivity contribution >= 4 is 6.29 Å². The summed E-state index contributed by atoms with van der Waals surface area (Å²) >= 11 is 0. The highest BCUT2D eigenvalue weighted by Gasteiger charge is 2.44. The highest BCUT2D eigenvalue weighted by molar-refractivity contribution is 5.58. The van der Waals surface area contributed by atoms with Crippen molar-refractivity contribution in [3.05, 3.63) is 35.5 Å². The van der Waals surface area contributed by atoms with Gasteiger partial charge in [0.15, 0.2) is 0 Å². The molecule has 3 aliphatic carbocycles. The van der Waals surface area contributed by atoms with Crippen molar-refractivity contribution in [3.63, 3.8) is 0 Å². The van der Waals surface area contributed by atoms with Gasteiger partial charge in [0.1, 0.15) is 6.29 Å². The fourth-order valence-electron chi connectivity index (χ4n) is 4.51. The normalized spacial score (nSPS) is 36.3. The minimum atomic E-state index is -0.149. The summed E-state index contributed by atoms with van der Waals surface area (Å²) in [5.41, 5.74) is 2.73. The number of carbonyl (C=O) groups is 1. The molecule has 3 unspecified atom stereocenters. The third kappa shape index (κ3) is 3.84. The second-order valence-electron chi connectivity index (χ2n) is 7.70. The molecule has 0 spiro atoms. The second-order valence-corrected chi connectivity index (χ2v) is 7.70. The number of hydrogen-bond acceptors (Lipinski definition) is 3. The number of carbonyl (C=O) groups excluding carboxylic acids is 1. The molecule has 3 heteroatoms. The fourth-order valence-corrected chi connectivity index (χ4v) is 4.51. The standard InChI is InChI=1S/C20H28O3/c1-19(22-2)10-18-7-4-8-20(11-18,14-19)15-23-13-17-6-3-5-16(9-17)12-21/h3,6,9-10,12,16H,4-5,7-8,11,13-15H2,1-2H3. The molecule has 3 atom stereocenters. The molecule has 126 valence electrons. The van der Waals surface area contributed by atoms with Crippen molar-refractivity contribution in [1.29, 1.82) is 0 Å². The SMILES string of the molecule is COC1(C)C=C2CCCC(COCC3=CC(C=O)CC=C3)(C2)C1. The van der Waals surface area contributed by atoms with Gasteiger partial charge in [0.25, 0.3) is 0 Å². The number of hydrogen-bond donors (Lipinski definition) is 0. The van der Waals surface area contributed by atoms with E-state index in [9.17, 15) is 4.79 Å². The van der Waals surface area contributed by atoms with Gasteiger partial charge in [-0.15, -0.1) is 0 Å². The first-order chi connectivity index (χ1) is 11.1. The topological polar surface area (TPSA) is 35.5 Å². The van der Waals surface area contributed by atoms with Crippen LogP contribution in [0, 0.1) is 11.3 Å². The molecule has 3 nitrogen and oxygen atoms in total. The summed E-state index contributed by atoms with van der Waals surface area (Å²) < 4.78 is 11.9. The molecular formula is C20H28O3. The molecule has 0 heterocycles. The molecule has 0 N–H and O–H groups in total. The Bertz CT molecular complexity index is 545. The smallest absolute Gasteiger partial charge is 0.127 e. The van der Waals surface area contributed by atoms with Crippen LogP contribution in [0.15, 0.2) is 35.5 Å². The Morgan fingerprint density at radius 1 is 1.43 bits per heavy atom. The van der Waals surface area contributed by atoms with E-state index in [0.29, 0.717) is 6.61 Å². The molecule has 0 aromatic heterocycles. The number of ether oxygens (including phenoxy) is 2. The van der Waals surface area contributed by atoms with Crippen molar-refractivity contribution in [3.8, 4) is 0 Å². The van der Waals surface area contributed by atoms with Crippen LogP contribution >= 0.6 is 0 Å². The zero-order valence-electron chi connectivity index (χ0n) is 14.3. The van der Waals surface area contributed by atoms with Crippen LogP contribution < -0.4 is 0 Å². The molecule has 0 aliphatic heterocycles. The summed E-state index contributed by atoms with van der Waals surface area (Å²) in [6, 6.07) is 0. The van der Waals surface area contributed by atoms with Crippen LogP contribution in [0.2, 0.25) is 0 Å². The van der Waals surface area contributed by atoms with Crippen LogP contribution in [0.1, 0.15) is 45.4 Å². The lowest BCUT2D eigenvalue weighted by molar-refractivity contribution is -0.109. The Labute approximate surface area is 139 Å². The predicted octanol–water partition coefficient (Wildman–Crippen LogP) is 4.00. The van der Waals surface area contributed by atoms with Crippen molar-refractivity contribution in [1.82, 2.24) is 0 Å². The summed E-state index contributed by atoms with van der Waals surface area (Å²) in [7, 11) is 1.81. The van der Waals surface area contributed by atoms with Gasteiger partial charge < -0.3 is 14.3 Å². The van der Waals surface area contributed by atoms with E-state index in [0.717, 1.165) is 37.7 Å². The van der Waals surface area contributed by atoms with Crippen molar-refractivity contribution in [2.45, 2.75) is 51.0 Å². The van der Waals surface area contributed by atoms with Gasteiger partial charge in [-0.05, 0) is 51.0 Å². The fraction of sp³-hybridized carbons (Fsp3) is 0.650. The Morgan fingerprint density at radius 3 is 3.09 bits per heavy atom. The molecule has 0 radical (unpaired) electrons. The van der Waals surface area contributed by atoms with Gasteiger partial charge in [-0.3, -0.25) is 0 Å². The third-order valence-corrected chi connectivity index (χ3v) is 5.53. The lowest BCUT2D eigenvalue weighted by Gasteiger charge is -2.47. The zero-order valence-corrected chi connectivity index (χ0v) is 14.3. The van der Waals surface area contributed by atoms with E-state index in [-0.39, 0.29) is 16.9 Å². The molecule has 3 aliphatic rings. The quantitative estimate of drug-likeness (QED) is 0.549. The van der Waals surface area contributed by atoms with Gasteiger partial charge >= 0.3 is 0 Å². The monoisotopic (exact) mass is 316 g/mol. The van der Waals surface area contributed by atoms with E-state index in [4.69, 9.17) is 9.47 Å². The van der Waals surface area contributed by atoms with Gasteiger partial charge in [0, 0.05) is 18.4 Å². The Balaban J connectivity index is 1.61. The summed E-state index contributed by atoms with van der Waals surface area (Å²) in [4.78, 5) is 10.9. The number of fused-ring (bicyclic) bond motifs is 2. The zero-order chi connectivity index (χ0) is 16.3. The Hall–Kier alpha value is -1.19. The van der Waals surface area contributed by atoms with E-state index in [1.165, 1.54) is 24.8 Å². The molecule has 0 aromatic rings. The summed E-state index contributed by atoms with van der Waals surface area (Å²) in [5.74, 6) is 0.0208. The van der Waals surface area contributed by atoms with Crippen LogP contribution in [0.3, 0.4) is 0 Å². The van der Waals surface area contributed by atoms with E-state index >= 15 is 0 Å². The largest absolute Gasteiger partial charge is 0.376 e. The summed E-state index contributed by atoms with van der Waals surface area (Å²) in [6.07, 6.45) is 16.2. The highest BCUT2D eigenvalue weighted by Crippen LogP contribution is 2.50. The first kappa shape index (κ1) is 16.7. The molecule has 0 aromatic carbocycles. The third-order valence-electron chi connectivity index (χ3n) is 5.53. The molecule has 3 rings (SSSR count). The summed E-state index contributed by atoms with van der Waals surface area (Å²) in [5, 5.41) is 0. The second kappa shape index (κ2) is 6.74. The molecule has 1 saturated carbocycles. The first-order valence-corrected chi connectivity index (χ1v) is 8.73. The average Bonchev–Trinajstić information content (AvgIpc) is 2.54. The Morgan fingerprint density at radius 2 is 2.30 bits per heavy atom. The van der Waals surface area contributed by atoms with Crippen LogP contribution in [-0.2, 0) is 14.3 Å². The molecule has 1 fully saturated rings. The molecule has 0 amide bonds. The summed E-state index contributed by atoms with van der Waals surface area (Å²) in [6.45, 7) is 3.57. The maximum Gasteiger partial charge on any atom is 0.127 e.